The Morgan fingerprint density at radius 2 is 1.93 bits per heavy atom. The number of rotatable bonds is 9. The third kappa shape index (κ3) is 6.53. The molecule has 1 aliphatic heterocycles. The lowest BCUT2D eigenvalue weighted by Crippen LogP contribution is -2.32. The van der Waals surface area contributed by atoms with Gasteiger partial charge in [0.1, 0.15) is 5.75 Å². The van der Waals surface area contributed by atoms with E-state index in [1.54, 1.807) is 0 Å². The number of benzene rings is 1. The van der Waals surface area contributed by atoms with E-state index in [1.807, 2.05) is 0 Å². The van der Waals surface area contributed by atoms with E-state index in [-0.39, 0.29) is 37.6 Å². The van der Waals surface area contributed by atoms with E-state index in [9.17, 15) is 28.0 Å². The highest BCUT2D eigenvalue weighted by molar-refractivity contribution is 6.01. The number of amides is 4. The Bertz CT molecular complexity index is 695. The predicted molar refractivity (Wildman–Crippen MR) is 87.0 cm³/mol. The summed E-state index contributed by atoms with van der Waals surface area (Å²) in [6, 6.07) is 4.72. The van der Waals surface area contributed by atoms with Gasteiger partial charge in [0.05, 0.1) is 6.54 Å². The fourth-order valence-corrected chi connectivity index (χ4v) is 2.20. The highest BCUT2D eigenvalue weighted by Gasteiger charge is 2.27. The molecule has 0 aromatic heterocycles. The van der Waals surface area contributed by atoms with Crippen LogP contribution >= 0.6 is 0 Å². The zero-order valence-corrected chi connectivity index (χ0v) is 14.1. The minimum absolute atomic E-state index is 0.0559. The van der Waals surface area contributed by atoms with Crippen LogP contribution < -0.4 is 15.4 Å². The summed E-state index contributed by atoms with van der Waals surface area (Å²) in [7, 11) is 0. The third-order valence-electron chi connectivity index (χ3n) is 3.43. The zero-order chi connectivity index (χ0) is 19.8. The van der Waals surface area contributed by atoms with Crippen LogP contribution in [0.25, 0.3) is 0 Å². The van der Waals surface area contributed by atoms with Crippen molar-refractivity contribution in [3.8, 4) is 5.75 Å². The molecule has 1 fully saturated rings. The van der Waals surface area contributed by atoms with Crippen molar-refractivity contribution >= 4 is 29.5 Å². The number of nitrogens with one attached hydrogen (secondary N) is 2. The molecule has 0 radical (unpaired) electrons. The molecule has 0 atom stereocenters. The van der Waals surface area contributed by atoms with Crippen molar-refractivity contribution in [1.29, 1.82) is 0 Å². The molecular formula is C16H17F2N3O6. The fraction of sp³-hybridized carbons (Fsp3) is 0.375. The van der Waals surface area contributed by atoms with Crippen LogP contribution in [-0.2, 0) is 19.1 Å². The second-order valence-corrected chi connectivity index (χ2v) is 5.42. The number of hydrogen-bond acceptors (Lipinski definition) is 6. The van der Waals surface area contributed by atoms with Gasteiger partial charge in [-0.15, -0.1) is 0 Å². The number of hydrogen-bond donors (Lipinski definition) is 2. The Morgan fingerprint density at radius 1 is 1.22 bits per heavy atom. The Labute approximate surface area is 152 Å². The number of imide groups is 1. The minimum Gasteiger partial charge on any atom is -0.456 e. The van der Waals surface area contributed by atoms with Gasteiger partial charge >= 0.3 is 18.6 Å². The largest absolute Gasteiger partial charge is 0.456 e. The smallest absolute Gasteiger partial charge is 0.387 e. The van der Waals surface area contributed by atoms with Crippen LogP contribution in [0.3, 0.4) is 0 Å². The summed E-state index contributed by atoms with van der Waals surface area (Å²) < 4.78 is 33.1. The van der Waals surface area contributed by atoms with Crippen LogP contribution in [-0.4, -0.2) is 55.0 Å². The highest BCUT2D eigenvalue weighted by atomic mass is 19.3. The average Bonchev–Trinajstić information content (AvgIpc) is 2.93. The standard InChI is InChI=1S/C16H17F2N3O6/c17-15(18)27-11-5-3-10(4-6-11)20-12(22)9-26-14(24)2-1-7-21-13(23)8-19-16(21)25/h3-6,15H,1-2,7-9H2,(H,19,25)(H,20,22). The maximum absolute atomic E-state index is 12.0. The molecule has 11 heteroatoms. The van der Waals surface area contributed by atoms with Gasteiger partial charge in [0.2, 0.25) is 5.91 Å². The first-order chi connectivity index (χ1) is 12.8. The number of esters is 1. The molecule has 1 aromatic rings. The Balaban J connectivity index is 1.65. The van der Waals surface area contributed by atoms with Crippen LogP contribution in [0.2, 0.25) is 0 Å². The van der Waals surface area contributed by atoms with Crippen LogP contribution in [0.5, 0.6) is 5.75 Å². The summed E-state index contributed by atoms with van der Waals surface area (Å²) >= 11 is 0. The van der Waals surface area contributed by atoms with E-state index in [2.05, 4.69) is 15.4 Å². The topological polar surface area (TPSA) is 114 Å². The quantitative estimate of drug-likeness (QED) is 0.486. The molecule has 4 amide bonds. The molecule has 0 unspecified atom stereocenters. The van der Waals surface area contributed by atoms with Gasteiger partial charge in [0, 0.05) is 18.7 Å². The molecule has 0 aliphatic carbocycles. The number of carbonyl (C=O) groups excluding carboxylic acids is 4. The van der Waals surface area contributed by atoms with Crippen molar-refractivity contribution < 1.29 is 37.4 Å². The Kier molecular flexibility index (Phi) is 7.03. The summed E-state index contributed by atoms with van der Waals surface area (Å²) in [6.07, 6.45) is 0.148. The molecule has 0 bridgehead atoms. The summed E-state index contributed by atoms with van der Waals surface area (Å²) in [5.41, 5.74) is 0.316. The van der Waals surface area contributed by atoms with E-state index >= 15 is 0 Å². The lowest BCUT2D eigenvalue weighted by atomic mass is 10.3. The maximum Gasteiger partial charge on any atom is 0.387 e. The number of anilines is 1. The van der Waals surface area contributed by atoms with Crippen LogP contribution in [0, 0.1) is 0 Å². The third-order valence-corrected chi connectivity index (χ3v) is 3.43. The molecule has 1 heterocycles. The summed E-state index contributed by atoms with van der Waals surface area (Å²) in [4.78, 5) is 46.9. The van der Waals surface area contributed by atoms with Crippen molar-refractivity contribution in [2.45, 2.75) is 19.5 Å². The maximum atomic E-state index is 12.0. The van der Waals surface area contributed by atoms with Crippen LogP contribution in [0.1, 0.15) is 12.8 Å². The molecule has 146 valence electrons. The van der Waals surface area contributed by atoms with Crippen LogP contribution in [0.4, 0.5) is 19.3 Å². The molecule has 9 nitrogen and oxygen atoms in total. The second-order valence-electron chi connectivity index (χ2n) is 5.42. The van der Waals surface area contributed by atoms with Gasteiger partial charge in [0.25, 0.3) is 5.91 Å². The lowest BCUT2D eigenvalue weighted by Gasteiger charge is -2.11. The van der Waals surface area contributed by atoms with E-state index < -0.39 is 31.1 Å². The number of ether oxygens (including phenoxy) is 2. The van der Waals surface area contributed by atoms with Gasteiger partial charge in [-0.1, -0.05) is 0 Å². The van der Waals surface area contributed by atoms with E-state index in [1.165, 1.54) is 24.3 Å². The van der Waals surface area contributed by atoms with Gasteiger partial charge in [-0.2, -0.15) is 8.78 Å². The Morgan fingerprint density at radius 3 is 2.52 bits per heavy atom. The lowest BCUT2D eigenvalue weighted by molar-refractivity contribution is -0.147. The highest BCUT2D eigenvalue weighted by Crippen LogP contribution is 2.17. The Hall–Kier alpha value is -3.24. The monoisotopic (exact) mass is 385 g/mol. The number of carbonyl (C=O) groups is 4. The molecule has 0 saturated carbocycles. The summed E-state index contributed by atoms with van der Waals surface area (Å²) in [5, 5.41) is 4.78. The molecular weight excluding hydrogens is 368 g/mol. The van der Waals surface area contributed by atoms with E-state index in [0.29, 0.717) is 5.69 Å². The van der Waals surface area contributed by atoms with Crippen molar-refractivity contribution in [3.05, 3.63) is 24.3 Å². The van der Waals surface area contributed by atoms with Crippen molar-refractivity contribution in [1.82, 2.24) is 10.2 Å². The van der Waals surface area contributed by atoms with Gasteiger partial charge in [0.15, 0.2) is 6.61 Å². The molecule has 1 aromatic carbocycles. The van der Waals surface area contributed by atoms with Gasteiger partial charge in [-0.05, 0) is 30.7 Å². The van der Waals surface area contributed by atoms with Gasteiger partial charge in [-0.3, -0.25) is 19.3 Å². The molecule has 2 rings (SSSR count). The first-order valence-corrected chi connectivity index (χ1v) is 7.93. The van der Waals surface area contributed by atoms with E-state index in [0.717, 1.165) is 4.90 Å². The van der Waals surface area contributed by atoms with Gasteiger partial charge in [-0.25, -0.2) is 4.79 Å². The number of alkyl halides is 2. The van der Waals surface area contributed by atoms with Crippen LogP contribution in [0.15, 0.2) is 24.3 Å². The molecule has 2 N–H and O–H groups in total. The summed E-state index contributed by atoms with van der Waals surface area (Å²) in [6.45, 7) is -3.45. The predicted octanol–water partition coefficient (Wildman–Crippen LogP) is 1.10. The molecule has 1 aliphatic rings. The molecule has 27 heavy (non-hydrogen) atoms. The fourth-order valence-electron chi connectivity index (χ4n) is 2.20. The van der Waals surface area contributed by atoms with Crippen molar-refractivity contribution in [3.63, 3.8) is 0 Å². The first-order valence-electron chi connectivity index (χ1n) is 7.93. The number of nitrogens with zero attached hydrogens (tertiary/aromatic N) is 1. The first kappa shape index (κ1) is 20.1. The number of urea groups is 1. The average molecular weight is 385 g/mol. The van der Waals surface area contributed by atoms with Crippen molar-refractivity contribution in [2.24, 2.45) is 0 Å². The second kappa shape index (κ2) is 9.46. The van der Waals surface area contributed by atoms with E-state index in [4.69, 9.17) is 4.74 Å². The zero-order valence-electron chi connectivity index (χ0n) is 14.1. The molecule has 1 saturated heterocycles. The molecule has 0 spiro atoms. The number of halogens is 2. The normalized spacial score (nSPS) is 13.5. The SMILES string of the molecule is O=C(COC(=O)CCCN1C(=O)CNC1=O)Nc1ccc(OC(F)F)cc1. The minimum atomic E-state index is -2.94. The van der Waals surface area contributed by atoms with Gasteiger partial charge < -0.3 is 20.1 Å². The summed E-state index contributed by atoms with van der Waals surface area (Å²) in [5.74, 6) is -1.69. The van der Waals surface area contributed by atoms with Crippen molar-refractivity contribution in [2.75, 3.05) is 25.0 Å².